The van der Waals surface area contributed by atoms with E-state index in [1.54, 1.807) is 16.3 Å². The van der Waals surface area contributed by atoms with Crippen molar-refractivity contribution in [3.8, 4) is 0 Å². The number of piperazine rings is 1. The van der Waals surface area contributed by atoms with Crippen LogP contribution in [0.2, 0.25) is 0 Å². The van der Waals surface area contributed by atoms with Gasteiger partial charge < -0.3 is 15.0 Å². The summed E-state index contributed by atoms with van der Waals surface area (Å²) in [5.41, 5.74) is 1.85. The molecule has 0 N–H and O–H groups in total. The van der Waals surface area contributed by atoms with Gasteiger partial charge in [0.25, 0.3) is 0 Å². The maximum Gasteiger partial charge on any atom is 0.390 e. The van der Waals surface area contributed by atoms with Gasteiger partial charge in [-0.2, -0.15) is 9.78 Å². The van der Waals surface area contributed by atoms with E-state index in [0.29, 0.717) is 25.3 Å². The zero-order valence-electron chi connectivity index (χ0n) is 15.9. The number of hydrogen-bond donors (Lipinski definition) is 0. The van der Waals surface area contributed by atoms with E-state index in [1.165, 1.54) is 11.6 Å². The molecule has 0 aliphatic carbocycles. The number of hydrogen-bond acceptors (Lipinski definition) is 6. The Morgan fingerprint density at radius 2 is 2.04 bits per heavy atom. The van der Waals surface area contributed by atoms with Crippen LogP contribution < -0.4 is 0 Å². The summed E-state index contributed by atoms with van der Waals surface area (Å²) in [6, 6.07) is 1.43. The SMILES string of the molecule is Cc1cc([N+](=O)[O-])nn1CC(C)C(=O)N1CCN(Cc2cnn(C)c2)CC1. The van der Waals surface area contributed by atoms with Gasteiger partial charge in [-0.05, 0) is 11.8 Å². The minimum atomic E-state index is -0.516. The molecule has 2 aromatic heterocycles. The van der Waals surface area contributed by atoms with Gasteiger partial charge in [-0.25, -0.2) is 0 Å². The van der Waals surface area contributed by atoms with E-state index in [9.17, 15) is 14.9 Å². The van der Waals surface area contributed by atoms with Gasteiger partial charge in [0, 0.05) is 51.5 Å². The van der Waals surface area contributed by atoms with Crippen LogP contribution >= 0.6 is 0 Å². The van der Waals surface area contributed by atoms with Gasteiger partial charge in [0.05, 0.1) is 35.5 Å². The fourth-order valence-electron chi connectivity index (χ4n) is 3.35. The van der Waals surface area contributed by atoms with Crippen molar-refractivity contribution in [1.29, 1.82) is 0 Å². The molecule has 146 valence electrons. The highest BCUT2D eigenvalue weighted by Gasteiger charge is 2.27. The minimum Gasteiger partial charge on any atom is -0.358 e. The maximum absolute atomic E-state index is 12.7. The molecule has 3 heterocycles. The molecule has 10 nitrogen and oxygen atoms in total. The predicted octanol–water partition coefficient (Wildman–Crippen LogP) is 0.814. The average molecular weight is 375 g/mol. The minimum absolute atomic E-state index is 0.0635. The Morgan fingerprint density at radius 1 is 1.33 bits per heavy atom. The number of aromatic nitrogens is 4. The molecule has 1 aliphatic heterocycles. The lowest BCUT2D eigenvalue weighted by Gasteiger charge is -2.35. The third-order valence-electron chi connectivity index (χ3n) is 4.87. The molecule has 2 aromatic rings. The van der Waals surface area contributed by atoms with Crippen LogP contribution in [-0.4, -0.2) is 66.4 Å². The van der Waals surface area contributed by atoms with Crippen molar-refractivity contribution in [3.05, 3.63) is 39.8 Å². The third kappa shape index (κ3) is 4.51. The third-order valence-corrected chi connectivity index (χ3v) is 4.87. The number of carbonyl (C=O) groups excluding carboxylic acids is 1. The van der Waals surface area contributed by atoms with E-state index in [-0.39, 0.29) is 17.6 Å². The lowest BCUT2D eigenvalue weighted by Crippen LogP contribution is -2.50. The number of nitro groups is 1. The van der Waals surface area contributed by atoms with Crippen LogP contribution in [0.5, 0.6) is 0 Å². The Labute approximate surface area is 157 Å². The number of rotatable bonds is 6. The number of nitrogens with zero attached hydrogens (tertiary/aromatic N) is 7. The van der Waals surface area contributed by atoms with E-state index in [2.05, 4.69) is 15.1 Å². The molecular weight excluding hydrogens is 350 g/mol. The van der Waals surface area contributed by atoms with Crippen molar-refractivity contribution in [2.75, 3.05) is 26.2 Å². The summed E-state index contributed by atoms with van der Waals surface area (Å²) >= 11 is 0. The fraction of sp³-hybridized carbons (Fsp3) is 0.588. The second-order valence-electron chi connectivity index (χ2n) is 7.11. The summed E-state index contributed by atoms with van der Waals surface area (Å²) in [6.07, 6.45) is 3.87. The first kappa shape index (κ1) is 19.0. The van der Waals surface area contributed by atoms with Gasteiger partial charge in [0.15, 0.2) is 0 Å². The monoisotopic (exact) mass is 375 g/mol. The fourth-order valence-corrected chi connectivity index (χ4v) is 3.35. The normalized spacial score (nSPS) is 16.5. The lowest BCUT2D eigenvalue weighted by atomic mass is 10.1. The molecular formula is C17H25N7O3. The van der Waals surface area contributed by atoms with Crippen molar-refractivity contribution in [2.45, 2.75) is 26.9 Å². The molecule has 1 saturated heterocycles. The standard InChI is InChI=1S/C17H25N7O3/c1-13(10-23-14(2)8-16(19-23)24(26)27)17(25)22-6-4-21(5-7-22)12-15-9-18-20(3)11-15/h8-9,11,13H,4-7,10,12H2,1-3H3. The van der Waals surface area contributed by atoms with Crippen LogP contribution in [0.3, 0.4) is 0 Å². The molecule has 0 saturated carbocycles. The first-order valence-corrected chi connectivity index (χ1v) is 9.01. The molecule has 27 heavy (non-hydrogen) atoms. The van der Waals surface area contributed by atoms with Crippen molar-refractivity contribution in [3.63, 3.8) is 0 Å². The Hall–Kier alpha value is -2.75. The molecule has 0 radical (unpaired) electrons. The van der Waals surface area contributed by atoms with Crippen LogP contribution in [0, 0.1) is 23.0 Å². The summed E-state index contributed by atoms with van der Waals surface area (Å²) in [6.45, 7) is 7.78. The zero-order chi connectivity index (χ0) is 19.6. The molecule has 1 atom stereocenters. The molecule has 0 aromatic carbocycles. The Kier molecular flexibility index (Phi) is 5.54. The molecule has 1 aliphatic rings. The number of aryl methyl sites for hydroxylation is 2. The Bertz CT molecular complexity index is 820. The van der Waals surface area contributed by atoms with Crippen LogP contribution in [0.1, 0.15) is 18.2 Å². The largest absolute Gasteiger partial charge is 0.390 e. The van der Waals surface area contributed by atoms with Crippen LogP contribution in [0.25, 0.3) is 0 Å². The second kappa shape index (κ2) is 7.87. The van der Waals surface area contributed by atoms with Crippen molar-refractivity contribution >= 4 is 11.7 Å². The van der Waals surface area contributed by atoms with Crippen molar-refractivity contribution in [2.24, 2.45) is 13.0 Å². The first-order valence-electron chi connectivity index (χ1n) is 9.01. The average Bonchev–Trinajstić information content (AvgIpc) is 3.21. The lowest BCUT2D eigenvalue weighted by molar-refractivity contribution is -0.389. The highest BCUT2D eigenvalue weighted by molar-refractivity contribution is 5.78. The molecule has 1 unspecified atom stereocenters. The van der Waals surface area contributed by atoms with E-state index in [0.717, 1.165) is 19.6 Å². The van der Waals surface area contributed by atoms with Gasteiger partial charge in [-0.1, -0.05) is 6.92 Å². The summed E-state index contributed by atoms with van der Waals surface area (Å²) in [7, 11) is 1.90. The van der Waals surface area contributed by atoms with Crippen molar-refractivity contribution < 1.29 is 9.72 Å². The predicted molar refractivity (Wildman–Crippen MR) is 97.8 cm³/mol. The van der Waals surface area contributed by atoms with Gasteiger partial charge in [-0.15, -0.1) is 0 Å². The highest BCUT2D eigenvalue weighted by Crippen LogP contribution is 2.15. The topological polar surface area (TPSA) is 102 Å². The van der Waals surface area contributed by atoms with Gasteiger partial charge in [0.2, 0.25) is 5.91 Å². The number of amides is 1. The smallest absolute Gasteiger partial charge is 0.358 e. The molecule has 10 heteroatoms. The molecule has 1 amide bonds. The van der Waals surface area contributed by atoms with Gasteiger partial charge in [-0.3, -0.25) is 14.4 Å². The van der Waals surface area contributed by atoms with Gasteiger partial charge >= 0.3 is 5.82 Å². The Morgan fingerprint density at radius 3 is 2.59 bits per heavy atom. The summed E-state index contributed by atoms with van der Waals surface area (Å²) < 4.78 is 3.33. The second-order valence-corrected chi connectivity index (χ2v) is 7.11. The van der Waals surface area contributed by atoms with Crippen LogP contribution in [-0.2, 0) is 24.9 Å². The first-order chi connectivity index (χ1) is 12.8. The van der Waals surface area contributed by atoms with E-state index < -0.39 is 4.92 Å². The highest BCUT2D eigenvalue weighted by atomic mass is 16.6. The molecule has 0 spiro atoms. The van der Waals surface area contributed by atoms with Crippen molar-refractivity contribution in [1.82, 2.24) is 29.4 Å². The zero-order valence-corrected chi connectivity index (χ0v) is 15.9. The Balaban J connectivity index is 1.51. The molecule has 3 rings (SSSR count). The van der Waals surface area contributed by atoms with E-state index >= 15 is 0 Å². The van der Waals surface area contributed by atoms with Crippen LogP contribution in [0.15, 0.2) is 18.5 Å². The van der Waals surface area contributed by atoms with E-state index in [4.69, 9.17) is 0 Å². The van der Waals surface area contributed by atoms with Gasteiger partial charge in [0.1, 0.15) is 0 Å². The molecule has 1 fully saturated rings. The maximum atomic E-state index is 12.7. The summed E-state index contributed by atoms with van der Waals surface area (Å²) in [5, 5.41) is 19.0. The molecule has 0 bridgehead atoms. The number of carbonyl (C=O) groups is 1. The summed E-state index contributed by atoms with van der Waals surface area (Å²) in [5.74, 6) is -0.405. The summed E-state index contributed by atoms with van der Waals surface area (Å²) in [4.78, 5) is 27.3. The van der Waals surface area contributed by atoms with Crippen LogP contribution in [0.4, 0.5) is 5.82 Å². The quantitative estimate of drug-likeness (QED) is 0.547. The van der Waals surface area contributed by atoms with E-state index in [1.807, 2.05) is 31.3 Å².